The predicted molar refractivity (Wildman–Crippen MR) is 61.8 cm³/mol. The van der Waals surface area contributed by atoms with Gasteiger partial charge in [0.1, 0.15) is 0 Å². The third kappa shape index (κ3) is 3.35. The number of ether oxygens (including phenoxy) is 2. The zero-order chi connectivity index (χ0) is 11.5. The van der Waals surface area contributed by atoms with Crippen molar-refractivity contribution in [3.8, 4) is 10.9 Å². The number of rotatable bonds is 4. The first-order valence-electron chi connectivity index (χ1n) is 4.79. The topological polar surface area (TPSA) is 43.4 Å². The van der Waals surface area contributed by atoms with Crippen LogP contribution in [0.1, 0.15) is 26.3 Å². The molecule has 4 nitrogen and oxygen atoms in total. The van der Waals surface area contributed by atoms with Crippen LogP contribution in [-0.4, -0.2) is 24.1 Å². The fourth-order valence-corrected chi connectivity index (χ4v) is 1.80. The molecule has 1 aromatic heterocycles. The number of methoxy groups -OCH3 is 2. The van der Waals surface area contributed by atoms with Crippen LogP contribution in [0.4, 0.5) is 0 Å². The molecule has 1 N–H and O–H groups in total. The summed E-state index contributed by atoms with van der Waals surface area (Å²) in [7, 11) is 3.27. The molecule has 0 aromatic carbocycles. The van der Waals surface area contributed by atoms with Crippen LogP contribution in [0.5, 0.6) is 10.9 Å². The zero-order valence-electron chi connectivity index (χ0n) is 9.88. The quantitative estimate of drug-likeness (QED) is 0.859. The standard InChI is InChI=1S/C10H18N2O2S/c1-10(2,3)11-6-7-8(13-4)12-15-9(7)14-5/h11H,6H2,1-5H3. The molecule has 1 aromatic rings. The van der Waals surface area contributed by atoms with Crippen LogP contribution in [0, 0.1) is 0 Å². The zero-order valence-corrected chi connectivity index (χ0v) is 10.7. The molecule has 0 saturated carbocycles. The van der Waals surface area contributed by atoms with Gasteiger partial charge in [0.2, 0.25) is 10.9 Å². The van der Waals surface area contributed by atoms with Crippen molar-refractivity contribution in [2.45, 2.75) is 32.9 Å². The second kappa shape index (κ2) is 4.81. The van der Waals surface area contributed by atoms with Crippen molar-refractivity contribution >= 4 is 11.5 Å². The monoisotopic (exact) mass is 230 g/mol. The minimum Gasteiger partial charge on any atom is -0.486 e. The van der Waals surface area contributed by atoms with E-state index in [2.05, 4.69) is 30.5 Å². The van der Waals surface area contributed by atoms with Crippen molar-refractivity contribution < 1.29 is 9.47 Å². The van der Waals surface area contributed by atoms with Gasteiger partial charge in [-0.25, -0.2) is 0 Å². The van der Waals surface area contributed by atoms with Gasteiger partial charge in [-0.3, -0.25) is 0 Å². The molecule has 0 saturated heterocycles. The molecular formula is C10H18N2O2S. The van der Waals surface area contributed by atoms with Crippen LogP contribution < -0.4 is 14.8 Å². The van der Waals surface area contributed by atoms with E-state index in [4.69, 9.17) is 9.47 Å². The second-order valence-electron chi connectivity index (χ2n) is 4.27. The maximum Gasteiger partial charge on any atom is 0.233 e. The van der Waals surface area contributed by atoms with Crippen LogP contribution in [0.2, 0.25) is 0 Å². The third-order valence-electron chi connectivity index (χ3n) is 1.89. The molecular weight excluding hydrogens is 212 g/mol. The van der Waals surface area contributed by atoms with Gasteiger partial charge in [-0.1, -0.05) is 0 Å². The Labute approximate surface area is 94.8 Å². The first-order valence-corrected chi connectivity index (χ1v) is 5.57. The summed E-state index contributed by atoms with van der Waals surface area (Å²) in [6, 6.07) is 0. The number of hydrogen-bond acceptors (Lipinski definition) is 5. The molecule has 0 aliphatic rings. The summed E-state index contributed by atoms with van der Waals surface area (Å²) in [4.78, 5) is 0. The largest absolute Gasteiger partial charge is 0.486 e. The molecule has 15 heavy (non-hydrogen) atoms. The molecule has 0 aliphatic heterocycles. The maximum atomic E-state index is 5.23. The van der Waals surface area contributed by atoms with Crippen molar-refractivity contribution in [1.29, 1.82) is 0 Å². The lowest BCUT2D eigenvalue weighted by Gasteiger charge is -2.20. The van der Waals surface area contributed by atoms with E-state index >= 15 is 0 Å². The van der Waals surface area contributed by atoms with Crippen LogP contribution in [0.25, 0.3) is 0 Å². The number of nitrogens with one attached hydrogen (secondary N) is 1. The Morgan fingerprint density at radius 3 is 2.40 bits per heavy atom. The van der Waals surface area contributed by atoms with E-state index in [9.17, 15) is 0 Å². The SMILES string of the molecule is COc1nsc(OC)c1CNC(C)(C)C. The van der Waals surface area contributed by atoms with Gasteiger partial charge >= 0.3 is 0 Å². The maximum absolute atomic E-state index is 5.23. The van der Waals surface area contributed by atoms with Gasteiger partial charge < -0.3 is 14.8 Å². The number of nitrogens with zero attached hydrogens (tertiary/aromatic N) is 1. The average molecular weight is 230 g/mol. The Kier molecular flexibility index (Phi) is 3.93. The molecule has 0 amide bonds. The van der Waals surface area contributed by atoms with Crippen LogP contribution in [-0.2, 0) is 6.54 Å². The van der Waals surface area contributed by atoms with E-state index in [0.717, 1.165) is 10.6 Å². The van der Waals surface area contributed by atoms with Gasteiger partial charge in [-0.2, -0.15) is 4.37 Å². The predicted octanol–water partition coefficient (Wildman–Crippen LogP) is 2.05. The van der Waals surface area contributed by atoms with Crippen molar-refractivity contribution in [1.82, 2.24) is 9.69 Å². The fraction of sp³-hybridized carbons (Fsp3) is 0.700. The molecule has 86 valence electrons. The molecule has 0 fully saturated rings. The molecule has 0 radical (unpaired) electrons. The van der Waals surface area contributed by atoms with E-state index in [0.29, 0.717) is 12.4 Å². The second-order valence-corrected chi connectivity index (χ2v) is 5.00. The van der Waals surface area contributed by atoms with Gasteiger partial charge in [0, 0.05) is 23.6 Å². The van der Waals surface area contributed by atoms with E-state index in [1.807, 2.05) is 0 Å². The highest BCUT2D eigenvalue weighted by Crippen LogP contribution is 2.32. The van der Waals surface area contributed by atoms with Crippen molar-refractivity contribution in [3.05, 3.63) is 5.56 Å². The first-order chi connectivity index (χ1) is 6.98. The van der Waals surface area contributed by atoms with Gasteiger partial charge in [-0.05, 0) is 20.8 Å². The van der Waals surface area contributed by atoms with Crippen LogP contribution >= 0.6 is 11.5 Å². The van der Waals surface area contributed by atoms with Gasteiger partial charge in [-0.15, -0.1) is 0 Å². The summed E-state index contributed by atoms with van der Waals surface area (Å²) in [6.07, 6.45) is 0. The summed E-state index contributed by atoms with van der Waals surface area (Å²) in [5.41, 5.74) is 1.05. The highest BCUT2D eigenvalue weighted by atomic mass is 32.1. The lowest BCUT2D eigenvalue weighted by Crippen LogP contribution is -2.35. The minimum atomic E-state index is 0.0674. The van der Waals surface area contributed by atoms with Crippen molar-refractivity contribution in [2.75, 3.05) is 14.2 Å². The molecule has 0 bridgehead atoms. The molecule has 0 unspecified atom stereocenters. The summed E-state index contributed by atoms with van der Waals surface area (Å²) in [6.45, 7) is 7.05. The van der Waals surface area contributed by atoms with Gasteiger partial charge in [0.25, 0.3) is 0 Å². The smallest absolute Gasteiger partial charge is 0.233 e. The molecule has 1 rings (SSSR count). The van der Waals surface area contributed by atoms with E-state index in [1.165, 1.54) is 11.5 Å². The highest BCUT2D eigenvalue weighted by molar-refractivity contribution is 7.08. The van der Waals surface area contributed by atoms with E-state index < -0.39 is 0 Å². The molecule has 0 aliphatic carbocycles. The molecule has 0 atom stereocenters. The molecule has 1 heterocycles. The van der Waals surface area contributed by atoms with Crippen molar-refractivity contribution in [2.24, 2.45) is 0 Å². The van der Waals surface area contributed by atoms with E-state index in [-0.39, 0.29) is 5.54 Å². The first kappa shape index (κ1) is 12.3. The normalized spacial score (nSPS) is 11.5. The Morgan fingerprint density at radius 2 is 1.93 bits per heavy atom. The van der Waals surface area contributed by atoms with Crippen molar-refractivity contribution in [3.63, 3.8) is 0 Å². The highest BCUT2D eigenvalue weighted by Gasteiger charge is 2.17. The number of aromatic nitrogens is 1. The summed E-state index contributed by atoms with van der Waals surface area (Å²) in [5.74, 6) is 0.647. The Morgan fingerprint density at radius 1 is 1.27 bits per heavy atom. The molecule has 0 spiro atoms. The fourth-order valence-electron chi connectivity index (χ4n) is 1.10. The van der Waals surface area contributed by atoms with Gasteiger partial charge in [0.05, 0.1) is 19.8 Å². The lowest BCUT2D eigenvalue weighted by atomic mass is 10.1. The Balaban J connectivity index is 2.77. The summed E-state index contributed by atoms with van der Waals surface area (Å²) < 4.78 is 14.6. The summed E-state index contributed by atoms with van der Waals surface area (Å²) >= 11 is 1.31. The third-order valence-corrected chi connectivity index (χ3v) is 2.73. The number of hydrogen-bond donors (Lipinski definition) is 1. The minimum absolute atomic E-state index is 0.0674. The Bertz CT molecular complexity index is 296. The lowest BCUT2D eigenvalue weighted by molar-refractivity contribution is 0.371. The summed E-state index contributed by atoms with van der Waals surface area (Å²) in [5, 5.41) is 4.19. The van der Waals surface area contributed by atoms with Crippen LogP contribution in [0.15, 0.2) is 0 Å². The average Bonchev–Trinajstić information content (AvgIpc) is 2.55. The van der Waals surface area contributed by atoms with Crippen LogP contribution in [0.3, 0.4) is 0 Å². The Hall–Kier alpha value is -0.810. The van der Waals surface area contributed by atoms with Gasteiger partial charge in [0.15, 0.2) is 0 Å². The van der Waals surface area contributed by atoms with E-state index in [1.54, 1.807) is 14.2 Å². The molecule has 5 heteroatoms.